The Bertz CT molecular complexity index is 1230. The summed E-state index contributed by atoms with van der Waals surface area (Å²) in [6, 6.07) is 13.3. The largest absolute Gasteiger partial charge is 0.484 e. The van der Waals surface area contributed by atoms with E-state index < -0.39 is 11.7 Å². The van der Waals surface area contributed by atoms with Gasteiger partial charge in [-0.2, -0.15) is 9.97 Å². The molecular weight excluding hydrogens is 417 g/mol. The first-order valence-electron chi connectivity index (χ1n) is 9.45. The normalized spacial score (nSPS) is 10.6. The molecular formula is C21H18FN7O3. The summed E-state index contributed by atoms with van der Waals surface area (Å²) >= 11 is 0. The molecule has 0 aliphatic carbocycles. The van der Waals surface area contributed by atoms with Gasteiger partial charge in [0, 0.05) is 16.9 Å². The summed E-state index contributed by atoms with van der Waals surface area (Å²) in [5, 5.41) is 9.54. The third-order valence-corrected chi connectivity index (χ3v) is 4.22. The van der Waals surface area contributed by atoms with E-state index in [1.165, 1.54) is 0 Å². The summed E-state index contributed by atoms with van der Waals surface area (Å²) in [6.07, 6.45) is 1.05. The van der Waals surface area contributed by atoms with Crippen LogP contribution in [0.3, 0.4) is 0 Å². The van der Waals surface area contributed by atoms with Gasteiger partial charge in [-0.25, -0.2) is 9.37 Å². The molecule has 0 saturated heterocycles. The van der Waals surface area contributed by atoms with Crippen molar-refractivity contribution in [3.8, 4) is 5.75 Å². The van der Waals surface area contributed by atoms with Crippen molar-refractivity contribution in [3.05, 3.63) is 77.8 Å². The maximum Gasteiger partial charge on any atom is 0.264 e. The smallest absolute Gasteiger partial charge is 0.264 e. The lowest BCUT2D eigenvalue weighted by atomic mass is 10.2. The molecule has 1 amide bonds. The third-order valence-electron chi connectivity index (χ3n) is 4.22. The topological polar surface area (TPSA) is 141 Å². The van der Waals surface area contributed by atoms with Crippen molar-refractivity contribution >= 4 is 29.0 Å². The quantitative estimate of drug-likeness (QED) is 0.379. The molecule has 0 spiro atoms. The highest BCUT2D eigenvalue weighted by Crippen LogP contribution is 2.23. The van der Waals surface area contributed by atoms with Crippen LogP contribution in [0.1, 0.15) is 22.1 Å². The number of hydrogen-bond donors (Lipinski definition) is 3. The molecule has 0 aliphatic heterocycles. The number of hydrogen-bond acceptors (Lipinski definition) is 9. The van der Waals surface area contributed by atoms with Gasteiger partial charge in [-0.3, -0.25) is 4.79 Å². The summed E-state index contributed by atoms with van der Waals surface area (Å²) in [4.78, 5) is 23.3. The Labute approximate surface area is 181 Å². The van der Waals surface area contributed by atoms with Crippen molar-refractivity contribution in [3.63, 3.8) is 0 Å². The SMILES string of the molecule is Cc1noc(COc2ccc(Nc3nc(Nc4ccc(C(N)=O)cc4)ncc3F)cc2)n1. The summed E-state index contributed by atoms with van der Waals surface area (Å²) < 4.78 is 24.8. The fourth-order valence-electron chi connectivity index (χ4n) is 2.68. The number of aryl methyl sites for hydroxylation is 1. The van der Waals surface area contributed by atoms with Crippen molar-refractivity contribution < 1.29 is 18.4 Å². The van der Waals surface area contributed by atoms with Crippen molar-refractivity contribution in [1.82, 2.24) is 20.1 Å². The van der Waals surface area contributed by atoms with Crippen LogP contribution in [0.5, 0.6) is 5.75 Å². The number of nitrogens with one attached hydrogen (secondary N) is 2. The van der Waals surface area contributed by atoms with Crippen LogP contribution in [0.2, 0.25) is 0 Å². The minimum absolute atomic E-state index is 0.00809. The van der Waals surface area contributed by atoms with E-state index >= 15 is 0 Å². The fraction of sp³-hybridized carbons (Fsp3) is 0.0952. The first-order valence-corrected chi connectivity index (χ1v) is 9.45. The maximum absolute atomic E-state index is 14.2. The predicted molar refractivity (Wildman–Crippen MR) is 113 cm³/mol. The molecule has 2 aromatic heterocycles. The Kier molecular flexibility index (Phi) is 5.88. The molecule has 0 bridgehead atoms. The van der Waals surface area contributed by atoms with E-state index in [2.05, 4.69) is 30.7 Å². The van der Waals surface area contributed by atoms with E-state index in [1.807, 2.05) is 0 Å². The van der Waals surface area contributed by atoms with Gasteiger partial charge in [0.15, 0.2) is 24.1 Å². The number of ether oxygens (including phenoxy) is 1. The molecule has 0 radical (unpaired) electrons. The predicted octanol–water partition coefficient (Wildman–Crippen LogP) is 3.47. The first kappa shape index (κ1) is 20.7. The molecule has 10 nitrogen and oxygen atoms in total. The fourth-order valence-corrected chi connectivity index (χ4v) is 2.68. The molecule has 32 heavy (non-hydrogen) atoms. The lowest BCUT2D eigenvalue weighted by molar-refractivity contribution is 0.100. The molecule has 4 N–H and O–H groups in total. The summed E-state index contributed by atoms with van der Waals surface area (Å²) in [6.45, 7) is 1.86. The lowest BCUT2D eigenvalue weighted by Gasteiger charge is -2.10. The molecule has 4 rings (SSSR count). The Morgan fingerprint density at radius 2 is 1.75 bits per heavy atom. The van der Waals surface area contributed by atoms with Gasteiger partial charge in [0.25, 0.3) is 5.89 Å². The number of amides is 1. The number of primary amides is 1. The number of carbonyl (C=O) groups excluding carboxylic acids is 1. The molecule has 4 aromatic rings. The Balaban J connectivity index is 1.40. The first-order chi connectivity index (χ1) is 15.5. The molecule has 11 heteroatoms. The number of nitrogens with two attached hydrogens (primary N) is 1. The van der Waals surface area contributed by atoms with Crippen LogP contribution < -0.4 is 21.1 Å². The zero-order valence-corrected chi connectivity index (χ0v) is 16.9. The molecule has 0 fully saturated rings. The van der Waals surface area contributed by atoms with E-state index in [9.17, 15) is 9.18 Å². The van der Waals surface area contributed by atoms with Gasteiger partial charge in [0.1, 0.15) is 5.75 Å². The average molecular weight is 435 g/mol. The van der Waals surface area contributed by atoms with Crippen LogP contribution in [0.4, 0.5) is 27.5 Å². The number of nitrogens with zero attached hydrogens (tertiary/aromatic N) is 4. The van der Waals surface area contributed by atoms with Crippen LogP contribution in [0.25, 0.3) is 0 Å². The molecule has 0 saturated carbocycles. The molecule has 0 unspecified atom stereocenters. The van der Waals surface area contributed by atoms with E-state index in [4.69, 9.17) is 15.0 Å². The zero-order valence-electron chi connectivity index (χ0n) is 16.9. The monoisotopic (exact) mass is 435 g/mol. The Hall–Kier alpha value is -4.54. The maximum atomic E-state index is 14.2. The van der Waals surface area contributed by atoms with Gasteiger partial charge in [-0.15, -0.1) is 0 Å². The van der Waals surface area contributed by atoms with Gasteiger partial charge >= 0.3 is 0 Å². The van der Waals surface area contributed by atoms with Crippen LogP contribution in [-0.4, -0.2) is 26.0 Å². The van der Waals surface area contributed by atoms with E-state index in [1.54, 1.807) is 55.5 Å². The van der Waals surface area contributed by atoms with Gasteiger partial charge < -0.3 is 25.6 Å². The Morgan fingerprint density at radius 1 is 1.06 bits per heavy atom. The van der Waals surface area contributed by atoms with Gasteiger partial charge in [-0.1, -0.05) is 5.16 Å². The van der Waals surface area contributed by atoms with E-state index in [0.29, 0.717) is 34.4 Å². The highest BCUT2D eigenvalue weighted by atomic mass is 19.1. The highest BCUT2D eigenvalue weighted by molar-refractivity contribution is 5.93. The summed E-state index contributed by atoms with van der Waals surface area (Å²) in [5.41, 5.74) is 6.82. The van der Waals surface area contributed by atoms with Crippen LogP contribution in [-0.2, 0) is 6.61 Å². The summed E-state index contributed by atoms with van der Waals surface area (Å²) in [5.74, 6) is 0.510. The molecule has 2 heterocycles. The number of aromatic nitrogens is 4. The number of halogens is 1. The van der Waals surface area contributed by atoms with Gasteiger partial charge in [0.05, 0.1) is 6.20 Å². The zero-order chi connectivity index (χ0) is 22.5. The van der Waals surface area contributed by atoms with Crippen LogP contribution in [0, 0.1) is 12.7 Å². The third kappa shape index (κ3) is 5.14. The summed E-state index contributed by atoms with van der Waals surface area (Å²) in [7, 11) is 0. The molecule has 0 atom stereocenters. The second-order valence-electron chi connectivity index (χ2n) is 6.63. The molecule has 2 aromatic carbocycles. The molecule has 0 aliphatic rings. The van der Waals surface area contributed by atoms with Gasteiger partial charge in [-0.05, 0) is 55.5 Å². The number of carbonyl (C=O) groups is 1. The minimum atomic E-state index is -0.619. The second-order valence-corrected chi connectivity index (χ2v) is 6.63. The van der Waals surface area contributed by atoms with Crippen molar-refractivity contribution in [1.29, 1.82) is 0 Å². The van der Waals surface area contributed by atoms with E-state index in [-0.39, 0.29) is 18.4 Å². The van der Waals surface area contributed by atoms with Crippen molar-refractivity contribution in [2.45, 2.75) is 13.5 Å². The van der Waals surface area contributed by atoms with Crippen molar-refractivity contribution in [2.24, 2.45) is 5.73 Å². The lowest BCUT2D eigenvalue weighted by Crippen LogP contribution is -2.10. The number of benzene rings is 2. The average Bonchev–Trinajstić information content (AvgIpc) is 3.21. The van der Waals surface area contributed by atoms with Gasteiger partial charge in [0.2, 0.25) is 11.9 Å². The Morgan fingerprint density at radius 3 is 2.41 bits per heavy atom. The number of rotatable bonds is 8. The molecule has 162 valence electrons. The van der Waals surface area contributed by atoms with Crippen LogP contribution >= 0.6 is 0 Å². The minimum Gasteiger partial charge on any atom is -0.484 e. The second kappa shape index (κ2) is 9.08. The van der Waals surface area contributed by atoms with Crippen molar-refractivity contribution in [2.75, 3.05) is 10.6 Å². The van der Waals surface area contributed by atoms with Crippen LogP contribution in [0.15, 0.2) is 59.3 Å². The standard InChI is InChI=1S/C21H18FN7O3/c1-12-25-18(32-29-12)11-31-16-8-6-14(7-9-16)26-20-17(22)10-24-21(28-20)27-15-4-2-13(3-5-15)19(23)30/h2-10H,11H2,1H3,(H2,23,30)(H2,24,26,27,28). The van der Waals surface area contributed by atoms with E-state index in [0.717, 1.165) is 6.20 Å². The highest BCUT2D eigenvalue weighted by Gasteiger charge is 2.09. The number of anilines is 4.